The van der Waals surface area contributed by atoms with Crippen LogP contribution >= 0.6 is 11.3 Å². The maximum Gasteiger partial charge on any atom is 0.266 e. The second kappa shape index (κ2) is 8.44. The average molecular weight is 366 g/mol. The first kappa shape index (κ1) is 19.4. The third-order valence-corrected chi connectivity index (χ3v) is 5.40. The van der Waals surface area contributed by atoms with Crippen LogP contribution in [0.4, 0.5) is 5.13 Å². The molecule has 1 N–H and O–H groups in total. The van der Waals surface area contributed by atoms with Crippen LogP contribution in [0.15, 0.2) is 0 Å². The molecule has 0 aliphatic heterocycles. The Morgan fingerprint density at radius 3 is 2.56 bits per heavy atom. The van der Waals surface area contributed by atoms with Crippen molar-refractivity contribution in [3.05, 3.63) is 27.5 Å². The van der Waals surface area contributed by atoms with Crippen LogP contribution in [0.2, 0.25) is 0 Å². The monoisotopic (exact) mass is 365 g/mol. The van der Waals surface area contributed by atoms with Crippen molar-refractivity contribution in [3.8, 4) is 0 Å². The summed E-state index contributed by atoms with van der Waals surface area (Å²) < 4.78 is 7.17. The Morgan fingerprint density at radius 2 is 2.04 bits per heavy atom. The first-order valence-electron chi connectivity index (χ1n) is 8.39. The number of nitrogens with zero attached hydrogens (tertiary/aromatic N) is 4. The SMILES string of the molecule is CCn1nc(C)c(CN(CCOC)C(=O)c2sc(NC)nc2C)c1C. The highest BCUT2D eigenvalue weighted by Gasteiger charge is 2.23. The number of aromatic nitrogens is 3. The highest BCUT2D eigenvalue weighted by atomic mass is 32.1. The second-order valence-corrected chi connectivity index (χ2v) is 6.87. The Balaban J connectivity index is 2.31. The molecule has 138 valence electrons. The van der Waals surface area contributed by atoms with E-state index >= 15 is 0 Å². The quantitative estimate of drug-likeness (QED) is 0.778. The third kappa shape index (κ3) is 4.19. The van der Waals surface area contributed by atoms with E-state index in [1.54, 1.807) is 14.2 Å². The summed E-state index contributed by atoms with van der Waals surface area (Å²) in [5, 5.41) is 8.31. The molecule has 2 heterocycles. The summed E-state index contributed by atoms with van der Waals surface area (Å²) in [6.45, 7) is 10.3. The van der Waals surface area contributed by atoms with E-state index in [1.165, 1.54) is 11.3 Å². The fourth-order valence-electron chi connectivity index (χ4n) is 2.76. The van der Waals surface area contributed by atoms with Gasteiger partial charge in [0.25, 0.3) is 5.91 Å². The number of hydrogen-bond donors (Lipinski definition) is 1. The number of hydrogen-bond acceptors (Lipinski definition) is 6. The molecule has 7 nitrogen and oxygen atoms in total. The van der Waals surface area contributed by atoms with Gasteiger partial charge in [-0.05, 0) is 27.7 Å². The van der Waals surface area contributed by atoms with Gasteiger partial charge in [0.05, 0.1) is 18.0 Å². The summed E-state index contributed by atoms with van der Waals surface area (Å²) >= 11 is 1.38. The zero-order chi connectivity index (χ0) is 18.6. The first-order chi connectivity index (χ1) is 11.9. The van der Waals surface area contributed by atoms with E-state index in [-0.39, 0.29) is 5.91 Å². The van der Waals surface area contributed by atoms with E-state index in [1.807, 2.05) is 23.4 Å². The fourth-order valence-corrected chi connectivity index (χ4v) is 3.65. The van der Waals surface area contributed by atoms with Crippen LogP contribution in [-0.2, 0) is 17.8 Å². The van der Waals surface area contributed by atoms with Crippen molar-refractivity contribution in [2.24, 2.45) is 0 Å². The van der Waals surface area contributed by atoms with E-state index in [4.69, 9.17) is 4.74 Å². The first-order valence-corrected chi connectivity index (χ1v) is 9.20. The molecule has 0 fully saturated rings. The molecule has 0 saturated carbocycles. The standard InChI is InChI=1S/C17H27N5O2S/c1-7-22-13(4)14(11(2)20-22)10-21(8-9-24-6)16(23)15-12(3)19-17(18-5)25-15/h7-10H2,1-6H3,(H,18,19). The van der Waals surface area contributed by atoms with Crippen molar-refractivity contribution in [2.45, 2.75) is 40.8 Å². The number of anilines is 1. The van der Waals surface area contributed by atoms with Gasteiger partial charge < -0.3 is 15.0 Å². The maximum absolute atomic E-state index is 13.1. The molecule has 2 rings (SSSR count). The van der Waals surface area contributed by atoms with Gasteiger partial charge in [0.15, 0.2) is 5.13 Å². The van der Waals surface area contributed by atoms with Crippen LogP contribution < -0.4 is 5.32 Å². The number of carbonyl (C=O) groups excluding carboxylic acids is 1. The summed E-state index contributed by atoms with van der Waals surface area (Å²) in [5.41, 5.74) is 3.92. The lowest BCUT2D eigenvalue weighted by Gasteiger charge is -2.22. The minimum Gasteiger partial charge on any atom is -0.383 e. The molecule has 0 saturated heterocycles. The van der Waals surface area contributed by atoms with Gasteiger partial charge in [-0.2, -0.15) is 5.10 Å². The summed E-state index contributed by atoms with van der Waals surface area (Å²) in [6.07, 6.45) is 0. The lowest BCUT2D eigenvalue weighted by atomic mass is 10.1. The molecular weight excluding hydrogens is 338 g/mol. The van der Waals surface area contributed by atoms with Gasteiger partial charge >= 0.3 is 0 Å². The number of amides is 1. The smallest absolute Gasteiger partial charge is 0.266 e. The van der Waals surface area contributed by atoms with Gasteiger partial charge in [-0.15, -0.1) is 0 Å². The van der Waals surface area contributed by atoms with Crippen LogP contribution in [-0.4, -0.2) is 52.9 Å². The second-order valence-electron chi connectivity index (χ2n) is 5.87. The zero-order valence-corrected chi connectivity index (χ0v) is 16.7. The van der Waals surface area contributed by atoms with Crippen molar-refractivity contribution in [2.75, 3.05) is 32.6 Å². The fraction of sp³-hybridized carbons (Fsp3) is 0.588. The number of nitrogens with one attached hydrogen (secondary N) is 1. The molecule has 25 heavy (non-hydrogen) atoms. The molecule has 0 unspecified atom stereocenters. The highest BCUT2D eigenvalue weighted by Crippen LogP contribution is 2.25. The van der Waals surface area contributed by atoms with Gasteiger partial charge in [0, 0.05) is 45.0 Å². The van der Waals surface area contributed by atoms with Gasteiger partial charge in [-0.3, -0.25) is 9.48 Å². The van der Waals surface area contributed by atoms with Crippen LogP contribution in [0.25, 0.3) is 0 Å². The van der Waals surface area contributed by atoms with Crippen molar-refractivity contribution >= 4 is 22.4 Å². The topological polar surface area (TPSA) is 72.3 Å². The van der Waals surface area contributed by atoms with Gasteiger partial charge in [0.1, 0.15) is 4.88 Å². The molecule has 0 bridgehead atoms. The molecule has 0 aliphatic rings. The summed E-state index contributed by atoms with van der Waals surface area (Å²) in [7, 11) is 3.45. The highest BCUT2D eigenvalue weighted by molar-refractivity contribution is 7.17. The molecule has 2 aromatic heterocycles. The number of thiazole rings is 1. The normalized spacial score (nSPS) is 11.0. The Bertz CT molecular complexity index is 738. The minimum absolute atomic E-state index is 0.0170. The summed E-state index contributed by atoms with van der Waals surface area (Å²) in [4.78, 5) is 20.0. The molecule has 0 radical (unpaired) electrons. The third-order valence-electron chi connectivity index (χ3n) is 4.24. The van der Waals surface area contributed by atoms with Crippen LogP contribution in [0.5, 0.6) is 0 Å². The number of methoxy groups -OCH3 is 1. The predicted octanol–water partition coefficient (Wildman–Crippen LogP) is 2.62. The van der Waals surface area contributed by atoms with Gasteiger partial charge in [0.2, 0.25) is 0 Å². The van der Waals surface area contributed by atoms with E-state index in [0.29, 0.717) is 24.6 Å². The van der Waals surface area contributed by atoms with Crippen LogP contribution in [0.3, 0.4) is 0 Å². The molecule has 0 aromatic carbocycles. The molecule has 2 aromatic rings. The van der Waals surface area contributed by atoms with Gasteiger partial charge in [-0.25, -0.2) is 4.98 Å². The van der Waals surface area contributed by atoms with Crippen LogP contribution in [0.1, 0.15) is 39.2 Å². The van der Waals surface area contributed by atoms with Crippen molar-refractivity contribution in [1.29, 1.82) is 0 Å². The molecule has 1 amide bonds. The van der Waals surface area contributed by atoms with E-state index in [9.17, 15) is 4.79 Å². The Morgan fingerprint density at radius 1 is 1.32 bits per heavy atom. The summed E-state index contributed by atoms with van der Waals surface area (Å²) in [6, 6.07) is 0. The number of aryl methyl sites for hydroxylation is 3. The molecule has 0 aliphatic carbocycles. The maximum atomic E-state index is 13.1. The van der Waals surface area contributed by atoms with Crippen molar-refractivity contribution < 1.29 is 9.53 Å². The van der Waals surface area contributed by atoms with E-state index < -0.39 is 0 Å². The predicted molar refractivity (Wildman–Crippen MR) is 100 cm³/mol. The summed E-state index contributed by atoms with van der Waals surface area (Å²) in [5.74, 6) is -0.0170. The zero-order valence-electron chi connectivity index (χ0n) is 15.8. The molecule has 8 heteroatoms. The number of carbonyl (C=O) groups is 1. The lowest BCUT2D eigenvalue weighted by Crippen LogP contribution is -2.33. The van der Waals surface area contributed by atoms with E-state index in [2.05, 4.69) is 29.2 Å². The Hall–Kier alpha value is -1.93. The largest absolute Gasteiger partial charge is 0.383 e. The molecule has 0 atom stereocenters. The molecule has 0 spiro atoms. The Labute approximate surface area is 153 Å². The van der Waals surface area contributed by atoms with E-state index in [0.717, 1.165) is 34.3 Å². The lowest BCUT2D eigenvalue weighted by molar-refractivity contribution is 0.0683. The number of rotatable bonds is 8. The van der Waals surface area contributed by atoms with Crippen molar-refractivity contribution in [3.63, 3.8) is 0 Å². The average Bonchev–Trinajstić information content (AvgIpc) is 3.11. The van der Waals surface area contributed by atoms with Crippen LogP contribution in [0, 0.1) is 20.8 Å². The number of ether oxygens (including phenoxy) is 1. The Kier molecular flexibility index (Phi) is 6.55. The molecular formula is C17H27N5O2S. The minimum atomic E-state index is -0.0170. The van der Waals surface area contributed by atoms with Crippen molar-refractivity contribution in [1.82, 2.24) is 19.7 Å². The van der Waals surface area contributed by atoms with Gasteiger partial charge in [-0.1, -0.05) is 11.3 Å².